The largest absolute Gasteiger partial charge is 0.496 e. The summed E-state index contributed by atoms with van der Waals surface area (Å²) in [6.07, 6.45) is -4.43. The van der Waals surface area contributed by atoms with Gasteiger partial charge in [-0.25, -0.2) is 54.7 Å². The second-order valence-corrected chi connectivity index (χ2v) is 39.1. The molecular formula is C98H146Cl3F7N12O18. The predicted molar refractivity (Wildman–Crippen MR) is 522 cm³/mol. The first-order valence-corrected chi connectivity index (χ1v) is 46.4. The summed E-state index contributed by atoms with van der Waals surface area (Å²) >= 11 is 17.4. The highest BCUT2D eigenvalue weighted by Crippen LogP contribution is 2.33. The molecule has 0 aromatic heterocycles. The molecule has 5 aromatic rings. The number of carbonyl (C=O) groups excluding carboxylic acids is 9. The first-order chi connectivity index (χ1) is 63.5. The lowest BCUT2D eigenvalue weighted by Crippen LogP contribution is -2.54. The molecule has 6 fully saturated rings. The number of carbonyl (C=O) groups is 9. The SMILES string of the molecule is C.C.CC(C)(C)OC(=O)N1CCC(=O)C(F)C1.CC(C)(C)OC(=O)N1CCC(=O)CC1.CC(C)(C)OC(=O)N1CC[C@H](N)[C@H](F)C1.CC(C)(C)OC(=O)N1CC[C@H](NCc2ccccc2)[C@H](F)C1.COc1cc(N)c(Cl)cc1C(=O)N[C@H]1CCN(C(=O)OC(C)(C)C)C[C@H]1F.COc1cc(N)c(Cl)cc1C(=O)N[C@H]1CCN(CCCOc2ccc(F)cc2)C[C@H]1F.Fc1ccc(OCCCCl)cc1. The lowest BCUT2D eigenvalue weighted by atomic mass is 10.0. The number of ketones is 2. The number of nitrogen functional groups attached to an aromatic ring is 2. The van der Waals surface area contributed by atoms with E-state index in [0.29, 0.717) is 121 Å². The molecule has 7 amide bonds. The minimum atomic E-state index is -1.56. The number of benzene rings is 5. The third-order valence-electron chi connectivity index (χ3n) is 20.5. The second kappa shape index (κ2) is 58.1. The topological polar surface area (TPSA) is 370 Å². The van der Waals surface area contributed by atoms with Gasteiger partial charge in [0.2, 0.25) is 0 Å². The standard InChI is InChI=1S/C22H26ClF2N3O3.C18H25ClFN3O4.C17H25FN2O2.C10H19FN2O2.C10H16FNO3.C10H17NO3.C9H10ClFO.2CH4/c1-30-21-12-19(26)17(23)11-16(21)22(29)27-20-7-9-28(13-18(20)25)8-2-10-31-15-5-3-14(24)4-6-15;1-18(2,3)27-17(25)23-6-5-14(12(20)9-23)22-16(24)10-7-11(19)13(21)8-15(10)26-4;1-17(2,3)22-16(21)20-10-9-15(14(18)12-20)19-11-13-7-5-4-6-8-13;1-10(2,3)15-9(14)13-5-4-8(12)7(11)6-13;1-10(2,3)15-9(14)12-5-4-8(13)7(11)6-12;1-10(2,3)14-9(13)11-6-4-8(12)5-7-11;10-6-1-7-12-9-4-2-8(11)3-5-9;;/h3-6,11-12,18,20H,2,7-10,13,26H2,1H3,(H,27,29);7-8,12,14H,5-6,9,21H2,1-4H3,(H,22,24);4-8,14-15,19H,9-12H2,1-3H3;7-8H,4-6,12H2,1-3H3;7H,4-6H2,1-3H3;4-7H2,1-3H3;2-5H,1,6-7H2;2*1H4/t18-,20+;12-,14+;14-,15+;7-,8+;;;;;/m1111...../s1. The van der Waals surface area contributed by atoms with Gasteiger partial charge in [-0.2, -0.15) is 0 Å². The summed E-state index contributed by atoms with van der Waals surface area (Å²) < 4.78 is 142. The van der Waals surface area contributed by atoms with Crippen LogP contribution in [0, 0.1) is 11.6 Å². The molecule has 0 radical (unpaired) electrons. The van der Waals surface area contributed by atoms with Crippen LogP contribution in [-0.2, 0) is 39.8 Å². The smallest absolute Gasteiger partial charge is 0.410 e. The van der Waals surface area contributed by atoms with Gasteiger partial charge in [-0.05, 0) is 209 Å². The van der Waals surface area contributed by atoms with Crippen molar-refractivity contribution in [3.05, 3.63) is 141 Å². The van der Waals surface area contributed by atoms with Gasteiger partial charge >= 0.3 is 30.5 Å². The number of nitrogens with one attached hydrogen (secondary N) is 3. The number of Topliss-reactive ketones (excluding diaryl/α,β-unsaturated/α-hetero) is 2. The van der Waals surface area contributed by atoms with Gasteiger partial charge in [0.15, 0.2) is 12.0 Å². The van der Waals surface area contributed by atoms with Crippen LogP contribution in [0.1, 0.15) is 203 Å². The van der Waals surface area contributed by atoms with Crippen molar-refractivity contribution in [2.75, 3.05) is 130 Å². The Bertz CT molecular complexity index is 4610. The number of anilines is 2. The third kappa shape index (κ3) is 45.8. The van der Waals surface area contributed by atoms with E-state index >= 15 is 0 Å². The van der Waals surface area contributed by atoms with Crippen LogP contribution in [0.2, 0.25) is 10.0 Å². The number of ether oxygens (including phenoxy) is 9. The van der Waals surface area contributed by atoms with E-state index in [9.17, 15) is 73.9 Å². The normalized spacial score (nSPS) is 20.0. The number of nitrogens with zero attached hydrogens (tertiary/aromatic N) is 6. The van der Waals surface area contributed by atoms with Crippen molar-refractivity contribution in [1.82, 2.24) is 45.3 Å². The van der Waals surface area contributed by atoms with Crippen LogP contribution < -0.4 is 52.1 Å². The summed E-state index contributed by atoms with van der Waals surface area (Å²) in [7, 11) is 2.83. The summed E-state index contributed by atoms with van der Waals surface area (Å²) in [6.45, 7) is 32.3. The van der Waals surface area contributed by atoms with Gasteiger partial charge in [0.05, 0.1) is 98.2 Å². The molecule has 5 aromatic carbocycles. The lowest BCUT2D eigenvalue weighted by Gasteiger charge is -2.36. The molecule has 9 atom stereocenters. The van der Waals surface area contributed by atoms with Crippen molar-refractivity contribution < 1.29 is 117 Å². The van der Waals surface area contributed by atoms with Crippen molar-refractivity contribution >= 4 is 100 Å². The van der Waals surface area contributed by atoms with E-state index in [4.69, 9.17) is 94.6 Å². The molecule has 11 rings (SSSR count). The fraction of sp³-hybridized carbons (Fsp3) is 0.602. The van der Waals surface area contributed by atoms with Crippen LogP contribution in [-0.4, -0.2) is 285 Å². The first-order valence-electron chi connectivity index (χ1n) is 45.1. The van der Waals surface area contributed by atoms with E-state index in [-0.39, 0.29) is 141 Å². The van der Waals surface area contributed by atoms with Crippen molar-refractivity contribution in [2.45, 2.75) is 266 Å². The molecule has 30 nitrogen and oxygen atoms in total. The number of piperidine rings is 6. The number of methoxy groups -OCH3 is 2. The molecule has 0 spiro atoms. The number of alkyl halides is 6. The molecule has 0 aliphatic carbocycles. The van der Waals surface area contributed by atoms with Crippen LogP contribution in [0.15, 0.2) is 103 Å². The Hall–Kier alpha value is -10.2. The van der Waals surface area contributed by atoms with E-state index in [1.807, 2.05) is 76.8 Å². The Balaban J connectivity index is 0.000000424. The van der Waals surface area contributed by atoms with Gasteiger partial charge in [-0.1, -0.05) is 68.4 Å². The molecular weight excluding hydrogens is 1870 g/mol. The fourth-order valence-electron chi connectivity index (χ4n) is 13.4. The first kappa shape index (κ1) is 122. The van der Waals surface area contributed by atoms with Crippen molar-refractivity contribution in [3.63, 3.8) is 0 Å². The summed E-state index contributed by atoms with van der Waals surface area (Å²) in [6, 6.07) is 25.4. The van der Waals surface area contributed by atoms with Crippen molar-refractivity contribution in [3.8, 4) is 23.0 Å². The van der Waals surface area contributed by atoms with Crippen molar-refractivity contribution in [2.24, 2.45) is 5.73 Å². The number of hydrogen-bond donors (Lipinski definition) is 6. The minimum absolute atomic E-state index is 0. The molecule has 40 heteroatoms. The summed E-state index contributed by atoms with van der Waals surface area (Å²) in [5.74, 6) is 0.657. The van der Waals surface area contributed by atoms with Gasteiger partial charge in [-0.3, -0.25) is 19.2 Å². The monoisotopic (exact) mass is 2020 g/mol. The van der Waals surface area contributed by atoms with Crippen LogP contribution >= 0.6 is 34.8 Å². The quantitative estimate of drug-likeness (QED) is 0.0156. The Kier molecular flexibility index (Phi) is 51.4. The molecule has 6 heterocycles. The maximum absolute atomic E-state index is 14.7. The zero-order valence-corrected chi connectivity index (χ0v) is 83.2. The molecule has 6 aliphatic rings. The highest BCUT2D eigenvalue weighted by molar-refractivity contribution is 6.34. The Morgan fingerprint density at radius 3 is 1.17 bits per heavy atom. The summed E-state index contributed by atoms with van der Waals surface area (Å²) in [5, 5.41) is 9.07. The van der Waals surface area contributed by atoms with E-state index in [1.165, 1.54) is 82.4 Å². The highest BCUT2D eigenvalue weighted by Gasteiger charge is 2.39. The average Bonchev–Trinajstić information content (AvgIpc) is 0.818. The third-order valence-corrected chi connectivity index (χ3v) is 21.4. The van der Waals surface area contributed by atoms with Gasteiger partial charge < -0.3 is 105 Å². The predicted octanol–water partition coefficient (Wildman–Crippen LogP) is 18.3. The van der Waals surface area contributed by atoms with E-state index in [2.05, 4.69) is 16.0 Å². The van der Waals surface area contributed by atoms with Gasteiger partial charge in [0, 0.05) is 115 Å². The molecule has 9 N–H and O–H groups in total. The number of nitrogens with two attached hydrogens (primary N) is 3. The van der Waals surface area contributed by atoms with Crippen molar-refractivity contribution in [1.29, 1.82) is 0 Å². The van der Waals surface area contributed by atoms with Crippen LogP contribution in [0.5, 0.6) is 23.0 Å². The summed E-state index contributed by atoms with van der Waals surface area (Å²) in [4.78, 5) is 115. The van der Waals surface area contributed by atoms with E-state index < -0.39 is 119 Å². The number of likely N-dealkylation sites (tertiary alicyclic amines) is 6. The number of amides is 7. The second-order valence-electron chi connectivity index (χ2n) is 37.9. The molecule has 6 saturated heterocycles. The van der Waals surface area contributed by atoms with E-state index in [1.54, 1.807) is 91.5 Å². The minimum Gasteiger partial charge on any atom is -0.496 e. The van der Waals surface area contributed by atoms with Gasteiger partial charge in [0.1, 0.15) is 93.1 Å². The van der Waals surface area contributed by atoms with Crippen LogP contribution in [0.4, 0.5) is 66.1 Å². The summed E-state index contributed by atoms with van der Waals surface area (Å²) in [5.41, 5.74) is 16.3. The Morgan fingerprint density at radius 1 is 0.442 bits per heavy atom. The molecule has 0 bridgehead atoms. The maximum atomic E-state index is 14.7. The van der Waals surface area contributed by atoms with Crippen LogP contribution in [0.3, 0.4) is 0 Å². The molecule has 6 aliphatic heterocycles. The van der Waals surface area contributed by atoms with Gasteiger partial charge in [0.25, 0.3) is 11.8 Å². The Morgan fingerprint density at radius 2 is 0.797 bits per heavy atom. The molecule has 776 valence electrons. The lowest BCUT2D eigenvalue weighted by molar-refractivity contribution is -0.127. The highest BCUT2D eigenvalue weighted by atomic mass is 35.5. The number of halogens is 10. The zero-order valence-electron chi connectivity index (χ0n) is 80.9. The van der Waals surface area contributed by atoms with Gasteiger partial charge in [-0.15, -0.1) is 11.6 Å². The number of rotatable bonds is 18. The Labute approximate surface area is 823 Å². The number of hydrogen-bond acceptors (Lipinski definition) is 23. The zero-order chi connectivity index (χ0) is 102. The van der Waals surface area contributed by atoms with Crippen LogP contribution in [0.25, 0.3) is 0 Å². The molecule has 1 unspecified atom stereocenters. The molecule has 0 saturated carbocycles. The average molecular weight is 2020 g/mol. The molecule has 138 heavy (non-hydrogen) atoms. The fourth-order valence-corrected chi connectivity index (χ4v) is 13.9. The van der Waals surface area contributed by atoms with E-state index in [0.717, 1.165) is 12.0 Å². The maximum Gasteiger partial charge on any atom is 0.410 e.